The van der Waals surface area contributed by atoms with Crippen molar-refractivity contribution in [3.63, 3.8) is 0 Å². The maximum absolute atomic E-state index is 11.9. The molecule has 21 heavy (non-hydrogen) atoms. The minimum Gasteiger partial charge on any atom is -0.383 e. The number of nitrogens with one attached hydrogen (secondary N) is 3. The van der Waals surface area contributed by atoms with Crippen LogP contribution in [-0.2, 0) is 11.3 Å². The highest BCUT2D eigenvalue weighted by Gasteiger charge is 2.17. The highest BCUT2D eigenvalue weighted by molar-refractivity contribution is 5.84. The van der Waals surface area contributed by atoms with E-state index in [4.69, 9.17) is 5.73 Å². The van der Waals surface area contributed by atoms with Crippen LogP contribution in [0.3, 0.4) is 0 Å². The van der Waals surface area contributed by atoms with E-state index in [1.54, 1.807) is 13.8 Å². The summed E-state index contributed by atoms with van der Waals surface area (Å²) in [5.74, 6) is -0.198. The molecule has 0 fully saturated rings. The van der Waals surface area contributed by atoms with Crippen molar-refractivity contribution in [2.45, 2.75) is 46.2 Å². The van der Waals surface area contributed by atoms with Gasteiger partial charge in [0.25, 0.3) is 5.56 Å². The number of carbonyl (C=O) groups excluding carboxylic acids is 1. The first-order valence-electron chi connectivity index (χ1n) is 7.09. The van der Waals surface area contributed by atoms with E-state index in [0.717, 1.165) is 12.8 Å². The number of nitrogens with two attached hydrogens (primary N) is 1. The number of carbonyl (C=O) groups is 1. The molecule has 0 bridgehead atoms. The average molecular weight is 297 g/mol. The average Bonchev–Trinajstić information content (AvgIpc) is 2.43. The van der Waals surface area contributed by atoms with Crippen LogP contribution in [0.5, 0.6) is 0 Å². The van der Waals surface area contributed by atoms with Crippen LogP contribution in [-0.4, -0.2) is 28.0 Å². The smallest absolute Gasteiger partial charge is 0.330 e. The lowest BCUT2D eigenvalue weighted by atomic mass is 10.3. The highest BCUT2D eigenvalue weighted by atomic mass is 16.2. The molecule has 0 aliphatic heterocycles. The number of hydrogen-bond donors (Lipinski definition) is 4. The molecule has 0 aromatic carbocycles. The van der Waals surface area contributed by atoms with Crippen molar-refractivity contribution in [1.29, 1.82) is 0 Å². The Balaban J connectivity index is 3.09. The topological polar surface area (TPSA) is 122 Å². The number of anilines is 2. The first kappa shape index (κ1) is 16.8. The van der Waals surface area contributed by atoms with Crippen LogP contribution in [0.4, 0.5) is 11.5 Å². The van der Waals surface area contributed by atoms with E-state index in [1.807, 2.05) is 6.92 Å². The van der Waals surface area contributed by atoms with E-state index >= 15 is 0 Å². The van der Waals surface area contributed by atoms with Gasteiger partial charge in [0.2, 0.25) is 5.91 Å². The Morgan fingerprint density at radius 1 is 1.38 bits per heavy atom. The van der Waals surface area contributed by atoms with Crippen molar-refractivity contribution in [2.24, 2.45) is 0 Å². The van der Waals surface area contributed by atoms with Crippen molar-refractivity contribution in [3.05, 3.63) is 20.8 Å². The van der Waals surface area contributed by atoms with Crippen LogP contribution in [0.25, 0.3) is 0 Å². The zero-order chi connectivity index (χ0) is 16.0. The maximum atomic E-state index is 11.9. The molecule has 8 nitrogen and oxygen atoms in total. The molecule has 1 heterocycles. The van der Waals surface area contributed by atoms with Gasteiger partial charge in [-0.3, -0.25) is 19.1 Å². The van der Waals surface area contributed by atoms with E-state index in [9.17, 15) is 14.4 Å². The number of unbranched alkanes of at least 4 members (excludes halogenated alkanes) is 1. The van der Waals surface area contributed by atoms with Gasteiger partial charge in [-0.15, -0.1) is 0 Å². The van der Waals surface area contributed by atoms with Gasteiger partial charge in [0.1, 0.15) is 17.5 Å². The van der Waals surface area contributed by atoms with Crippen molar-refractivity contribution in [2.75, 3.05) is 17.6 Å². The van der Waals surface area contributed by atoms with Gasteiger partial charge in [0.15, 0.2) is 0 Å². The lowest BCUT2D eigenvalue weighted by Gasteiger charge is -2.17. The Bertz CT molecular complexity index is 605. The zero-order valence-electron chi connectivity index (χ0n) is 12.7. The van der Waals surface area contributed by atoms with Crippen LogP contribution >= 0.6 is 0 Å². The summed E-state index contributed by atoms with van der Waals surface area (Å²) in [6.07, 6.45) is 1.66. The Morgan fingerprint density at radius 2 is 2.05 bits per heavy atom. The second-order valence-corrected chi connectivity index (χ2v) is 4.79. The van der Waals surface area contributed by atoms with E-state index < -0.39 is 17.3 Å². The van der Waals surface area contributed by atoms with Gasteiger partial charge >= 0.3 is 5.69 Å². The molecular weight excluding hydrogens is 274 g/mol. The minimum absolute atomic E-state index is 0.0458. The van der Waals surface area contributed by atoms with Crippen LogP contribution < -0.4 is 27.6 Å². The molecule has 1 amide bonds. The number of nitrogen functional groups attached to an aromatic ring is 1. The molecule has 1 unspecified atom stereocenters. The molecule has 0 aliphatic carbocycles. The Kier molecular flexibility index (Phi) is 6.01. The van der Waals surface area contributed by atoms with Crippen molar-refractivity contribution in [1.82, 2.24) is 14.9 Å². The van der Waals surface area contributed by atoms with Crippen LogP contribution in [0.15, 0.2) is 9.59 Å². The molecule has 1 atom stereocenters. The standard InChI is InChI=1S/C13H23N5O3/c1-4-6-7-18-10(14)9(12(20)17-13(18)21)16-8(3)11(19)15-5-2/h8,16H,4-7,14H2,1-3H3,(H,15,19)(H,17,20,21). The van der Waals surface area contributed by atoms with E-state index in [1.165, 1.54) is 4.57 Å². The van der Waals surface area contributed by atoms with Gasteiger partial charge in [-0.2, -0.15) is 0 Å². The normalized spacial score (nSPS) is 12.0. The monoisotopic (exact) mass is 297 g/mol. The summed E-state index contributed by atoms with van der Waals surface area (Å²) in [5.41, 5.74) is 4.78. The summed E-state index contributed by atoms with van der Waals surface area (Å²) in [6.45, 7) is 6.32. The lowest BCUT2D eigenvalue weighted by Crippen LogP contribution is -2.41. The quantitative estimate of drug-likeness (QED) is 0.558. The summed E-state index contributed by atoms with van der Waals surface area (Å²) < 4.78 is 1.30. The van der Waals surface area contributed by atoms with Crippen LogP contribution in [0.2, 0.25) is 0 Å². The van der Waals surface area contributed by atoms with Crippen molar-refractivity contribution >= 4 is 17.4 Å². The van der Waals surface area contributed by atoms with Gasteiger partial charge in [0.05, 0.1) is 0 Å². The molecule has 118 valence electrons. The number of likely N-dealkylation sites (N-methyl/N-ethyl adjacent to an activating group) is 1. The largest absolute Gasteiger partial charge is 0.383 e. The third-order valence-electron chi connectivity index (χ3n) is 3.08. The summed E-state index contributed by atoms with van der Waals surface area (Å²) in [6, 6.07) is -0.634. The fraction of sp³-hybridized carbons (Fsp3) is 0.615. The molecule has 0 saturated carbocycles. The van der Waals surface area contributed by atoms with Gasteiger partial charge in [-0.1, -0.05) is 13.3 Å². The third-order valence-corrected chi connectivity index (χ3v) is 3.08. The molecule has 8 heteroatoms. The molecule has 0 spiro atoms. The number of aromatic amines is 1. The number of H-pyrrole nitrogens is 1. The summed E-state index contributed by atoms with van der Waals surface area (Å²) in [7, 11) is 0. The summed E-state index contributed by atoms with van der Waals surface area (Å²) >= 11 is 0. The SMILES string of the molecule is CCCCn1c(N)c(NC(C)C(=O)NCC)c(=O)[nH]c1=O. The molecule has 0 saturated heterocycles. The predicted molar refractivity (Wildman–Crippen MR) is 82.4 cm³/mol. The molecule has 0 radical (unpaired) electrons. The number of amides is 1. The number of hydrogen-bond acceptors (Lipinski definition) is 5. The zero-order valence-corrected chi connectivity index (χ0v) is 12.7. The molecule has 0 aliphatic rings. The maximum Gasteiger partial charge on any atom is 0.330 e. The lowest BCUT2D eigenvalue weighted by molar-refractivity contribution is -0.121. The molecule has 5 N–H and O–H groups in total. The van der Waals surface area contributed by atoms with Gasteiger partial charge in [0, 0.05) is 13.1 Å². The molecular formula is C13H23N5O3. The van der Waals surface area contributed by atoms with Crippen molar-refractivity contribution in [3.8, 4) is 0 Å². The van der Waals surface area contributed by atoms with Crippen LogP contribution in [0.1, 0.15) is 33.6 Å². The third kappa shape index (κ3) is 4.11. The van der Waals surface area contributed by atoms with Gasteiger partial charge < -0.3 is 16.4 Å². The Morgan fingerprint density at radius 3 is 2.62 bits per heavy atom. The highest BCUT2D eigenvalue weighted by Crippen LogP contribution is 2.12. The molecule has 1 aromatic heterocycles. The fourth-order valence-corrected chi connectivity index (χ4v) is 1.87. The molecule has 1 rings (SSSR count). The molecule has 1 aromatic rings. The first-order chi connectivity index (χ1) is 9.92. The van der Waals surface area contributed by atoms with Crippen molar-refractivity contribution < 1.29 is 4.79 Å². The Labute approximate surface area is 122 Å². The van der Waals surface area contributed by atoms with E-state index in [-0.39, 0.29) is 17.4 Å². The number of nitrogens with zero attached hydrogens (tertiary/aromatic N) is 1. The second kappa shape index (κ2) is 7.51. The van der Waals surface area contributed by atoms with Gasteiger partial charge in [-0.25, -0.2) is 4.79 Å². The number of rotatable bonds is 7. The summed E-state index contributed by atoms with van der Waals surface area (Å²) in [5, 5.41) is 5.41. The number of aromatic nitrogens is 2. The van der Waals surface area contributed by atoms with Gasteiger partial charge in [-0.05, 0) is 20.3 Å². The summed E-state index contributed by atoms with van der Waals surface area (Å²) in [4.78, 5) is 37.5. The fourth-order valence-electron chi connectivity index (χ4n) is 1.87. The van der Waals surface area contributed by atoms with E-state index in [0.29, 0.717) is 13.1 Å². The van der Waals surface area contributed by atoms with E-state index in [2.05, 4.69) is 15.6 Å². The second-order valence-electron chi connectivity index (χ2n) is 4.79. The Hall–Kier alpha value is -2.25. The van der Waals surface area contributed by atoms with Crippen LogP contribution in [0, 0.1) is 0 Å². The first-order valence-corrected chi connectivity index (χ1v) is 7.09. The predicted octanol–water partition coefficient (Wildman–Crippen LogP) is -0.145. The minimum atomic E-state index is -0.634.